The molecule has 0 atom stereocenters. The van der Waals surface area contributed by atoms with Crippen LogP contribution >= 0.6 is 0 Å². The molecule has 0 aliphatic heterocycles. The summed E-state index contributed by atoms with van der Waals surface area (Å²) in [5, 5.41) is 11.8. The fraction of sp³-hybridized carbons (Fsp3) is 0.407. The van der Waals surface area contributed by atoms with Crippen molar-refractivity contribution in [2.45, 2.75) is 76.2 Å². The van der Waals surface area contributed by atoms with Crippen LogP contribution in [0.3, 0.4) is 0 Å². The molecule has 0 fully saturated rings. The molecule has 0 radical (unpaired) electrons. The number of fused-ring (bicyclic) bond motifs is 1. The smallest absolute Gasteiger partial charge is 0.0921 e. The van der Waals surface area contributed by atoms with Crippen molar-refractivity contribution in [3.8, 4) is 0 Å². The van der Waals surface area contributed by atoms with Crippen LogP contribution in [-0.2, 0) is 0 Å². The molecular weight excluding hydrogens is 352 g/mol. The molecule has 2 heteroatoms. The molecule has 0 aromatic heterocycles. The third kappa shape index (κ3) is 5.32. The minimum absolute atomic E-state index is 0.947. The van der Waals surface area contributed by atoms with E-state index in [4.69, 9.17) is 0 Å². The Morgan fingerprint density at radius 2 is 1.17 bits per heavy atom. The van der Waals surface area contributed by atoms with Crippen molar-refractivity contribution in [1.82, 2.24) is 0 Å². The van der Waals surface area contributed by atoms with Gasteiger partial charge < -0.3 is 0 Å². The van der Waals surface area contributed by atoms with Crippen molar-refractivity contribution in [2.24, 2.45) is 10.2 Å². The summed E-state index contributed by atoms with van der Waals surface area (Å²) in [5.74, 6) is 0. The van der Waals surface area contributed by atoms with Crippen LogP contribution in [-0.4, -0.2) is 0 Å². The van der Waals surface area contributed by atoms with Gasteiger partial charge in [-0.25, -0.2) is 0 Å². The lowest BCUT2D eigenvalue weighted by Gasteiger charge is -2.12. The lowest BCUT2D eigenvalue weighted by atomic mass is 9.95. The van der Waals surface area contributed by atoms with Gasteiger partial charge in [0.1, 0.15) is 0 Å². The van der Waals surface area contributed by atoms with E-state index in [1.165, 1.54) is 49.7 Å². The van der Waals surface area contributed by atoms with Crippen LogP contribution in [0.4, 0.5) is 11.4 Å². The van der Waals surface area contributed by atoms with Crippen LogP contribution in [0.15, 0.2) is 40.6 Å². The number of azo groups is 1. The van der Waals surface area contributed by atoms with Crippen molar-refractivity contribution in [2.75, 3.05) is 0 Å². The zero-order valence-electron chi connectivity index (χ0n) is 20.3. The summed E-state index contributed by atoms with van der Waals surface area (Å²) in [6, 6.07) is 10.9. The molecule has 0 saturated carbocycles. The molecule has 3 rings (SSSR count). The minimum Gasteiger partial charge on any atom is -0.150 e. The van der Waals surface area contributed by atoms with Crippen LogP contribution in [0.1, 0.15) is 66.6 Å². The molecule has 0 amide bonds. The van der Waals surface area contributed by atoms with Gasteiger partial charge in [0.2, 0.25) is 0 Å². The highest BCUT2D eigenvalue weighted by Crippen LogP contribution is 2.35. The van der Waals surface area contributed by atoms with E-state index >= 15 is 0 Å². The van der Waals surface area contributed by atoms with Crippen LogP contribution in [0.5, 0.6) is 0 Å². The van der Waals surface area contributed by atoms with Crippen molar-refractivity contribution >= 4 is 22.1 Å². The van der Waals surface area contributed by atoms with Gasteiger partial charge in [0.25, 0.3) is 0 Å². The van der Waals surface area contributed by atoms with Gasteiger partial charge in [-0.3, -0.25) is 0 Å². The van der Waals surface area contributed by atoms with E-state index < -0.39 is 0 Å². The molecule has 156 valence electrons. The Balaban J connectivity index is 0.000000989. The van der Waals surface area contributed by atoms with Gasteiger partial charge in [-0.1, -0.05) is 51.5 Å². The molecule has 2 nitrogen and oxygen atoms in total. The summed E-state index contributed by atoms with van der Waals surface area (Å²) >= 11 is 0. The van der Waals surface area contributed by atoms with Crippen molar-refractivity contribution in [3.63, 3.8) is 0 Å². The lowest BCUT2D eigenvalue weighted by Crippen LogP contribution is -1.89. The van der Waals surface area contributed by atoms with E-state index in [1.54, 1.807) is 0 Å². The molecule has 3 aromatic rings. The first-order valence-corrected chi connectivity index (χ1v) is 10.8. The average Bonchev–Trinajstić information content (AvgIpc) is 2.69. The topological polar surface area (TPSA) is 24.7 Å². The standard InChI is InChI=1S/C23H26N2.2C2H6/c1-13-10-15(3)22-19(7)23(16(4)12-20(22)11-13)25-24-21-9-8-14(2)17(5)18(21)6;2*1-2/h8-12H,1-7H3;2*1-2H3. The van der Waals surface area contributed by atoms with Gasteiger partial charge in [0.15, 0.2) is 0 Å². The van der Waals surface area contributed by atoms with Crippen LogP contribution < -0.4 is 0 Å². The molecule has 0 spiro atoms. The number of aryl methyl sites for hydroxylation is 5. The first kappa shape index (κ1) is 24.6. The lowest BCUT2D eigenvalue weighted by molar-refractivity contribution is 1.16. The van der Waals surface area contributed by atoms with Crippen molar-refractivity contribution in [1.29, 1.82) is 0 Å². The highest BCUT2D eigenvalue weighted by Gasteiger charge is 2.10. The third-order valence-electron chi connectivity index (χ3n) is 5.27. The maximum absolute atomic E-state index is 4.65. The van der Waals surface area contributed by atoms with Crippen LogP contribution in [0, 0.1) is 48.5 Å². The summed E-state index contributed by atoms with van der Waals surface area (Å²) in [5.41, 5.74) is 10.7. The Hall–Kier alpha value is -2.48. The zero-order chi connectivity index (χ0) is 22.3. The predicted molar refractivity (Wildman–Crippen MR) is 130 cm³/mol. The first-order chi connectivity index (χ1) is 13.8. The molecule has 0 unspecified atom stereocenters. The molecule has 3 aromatic carbocycles. The van der Waals surface area contributed by atoms with Crippen LogP contribution in [0.2, 0.25) is 0 Å². The third-order valence-corrected chi connectivity index (χ3v) is 5.27. The highest BCUT2D eigenvalue weighted by molar-refractivity contribution is 5.93. The van der Waals surface area contributed by atoms with Gasteiger partial charge in [-0.05, 0) is 105 Å². The molecule has 0 saturated heterocycles. The second-order valence-corrected chi connectivity index (χ2v) is 7.20. The second-order valence-electron chi connectivity index (χ2n) is 7.20. The summed E-state index contributed by atoms with van der Waals surface area (Å²) < 4.78 is 0. The predicted octanol–water partition coefficient (Wildman–Crippen LogP) is 9.47. The molecule has 29 heavy (non-hydrogen) atoms. The number of nitrogens with zero attached hydrogens (tertiary/aromatic N) is 2. The Kier molecular flexibility index (Phi) is 9.23. The Morgan fingerprint density at radius 3 is 1.79 bits per heavy atom. The molecule has 0 aliphatic carbocycles. The van der Waals surface area contributed by atoms with E-state index in [2.05, 4.69) is 89.0 Å². The number of rotatable bonds is 2. The monoisotopic (exact) mass is 390 g/mol. The SMILES string of the molecule is CC.CC.Cc1cc(C)c2c(C)c(N=Nc3ccc(C)c(C)c3C)c(C)cc2c1. The van der Waals surface area contributed by atoms with E-state index in [9.17, 15) is 0 Å². The Labute approximate surface area is 178 Å². The molecule has 0 N–H and O–H groups in total. The summed E-state index contributed by atoms with van der Waals surface area (Å²) in [7, 11) is 0. The van der Waals surface area contributed by atoms with Gasteiger partial charge >= 0.3 is 0 Å². The van der Waals surface area contributed by atoms with Gasteiger partial charge in [0.05, 0.1) is 11.4 Å². The Bertz CT molecular complexity index is 1010. The normalized spacial score (nSPS) is 10.4. The molecule has 0 aliphatic rings. The zero-order valence-corrected chi connectivity index (χ0v) is 20.3. The number of benzene rings is 3. The first-order valence-electron chi connectivity index (χ1n) is 10.8. The quantitative estimate of drug-likeness (QED) is 0.389. The Morgan fingerprint density at radius 1 is 0.552 bits per heavy atom. The largest absolute Gasteiger partial charge is 0.150 e. The summed E-state index contributed by atoms with van der Waals surface area (Å²) in [4.78, 5) is 0. The highest BCUT2D eigenvalue weighted by atomic mass is 15.1. The van der Waals surface area contributed by atoms with E-state index in [-0.39, 0.29) is 0 Å². The van der Waals surface area contributed by atoms with Crippen molar-refractivity contribution in [3.05, 3.63) is 69.3 Å². The van der Waals surface area contributed by atoms with E-state index in [0.717, 1.165) is 11.4 Å². The molecule has 0 bridgehead atoms. The van der Waals surface area contributed by atoms with Crippen molar-refractivity contribution < 1.29 is 0 Å². The average molecular weight is 391 g/mol. The van der Waals surface area contributed by atoms with Gasteiger partial charge in [-0.2, -0.15) is 5.11 Å². The molecule has 0 heterocycles. The maximum atomic E-state index is 4.65. The van der Waals surface area contributed by atoms with E-state index in [1.807, 2.05) is 27.7 Å². The minimum atomic E-state index is 0.947. The maximum Gasteiger partial charge on any atom is 0.0921 e. The second kappa shape index (κ2) is 10.9. The fourth-order valence-electron chi connectivity index (χ4n) is 3.65. The van der Waals surface area contributed by atoms with Gasteiger partial charge in [-0.15, -0.1) is 5.11 Å². The summed E-state index contributed by atoms with van der Waals surface area (Å²) in [6.07, 6.45) is 0. The fourth-order valence-corrected chi connectivity index (χ4v) is 3.65. The van der Waals surface area contributed by atoms with E-state index in [0.29, 0.717) is 0 Å². The van der Waals surface area contributed by atoms with Gasteiger partial charge in [0, 0.05) is 0 Å². The van der Waals surface area contributed by atoms with Crippen LogP contribution in [0.25, 0.3) is 10.8 Å². The molecular formula is C27H38N2. The number of hydrogen-bond donors (Lipinski definition) is 0. The summed E-state index contributed by atoms with van der Waals surface area (Å²) in [6.45, 7) is 23.0. The number of hydrogen-bond acceptors (Lipinski definition) is 2.